The molecular formula is C35H38N2O4. The number of amides is 2. The molecule has 41 heavy (non-hydrogen) atoms. The molecule has 0 bridgehead atoms. The van der Waals surface area contributed by atoms with Crippen LogP contribution in [0.2, 0.25) is 0 Å². The molecule has 0 aromatic heterocycles. The molecule has 4 aromatic rings. The Labute approximate surface area is 242 Å². The third-order valence-corrected chi connectivity index (χ3v) is 7.94. The number of hydrogen-bond donors (Lipinski definition) is 4. The Hall–Kier alpha value is -4.26. The first kappa shape index (κ1) is 29.7. The number of rotatable bonds is 10. The first-order valence-electron chi connectivity index (χ1n) is 13.8. The van der Waals surface area contributed by atoms with Crippen LogP contribution in [0.4, 0.5) is 0 Å². The lowest BCUT2D eigenvalue weighted by Crippen LogP contribution is -2.58. The minimum atomic E-state index is -1.54. The SMILES string of the molecule is C[C@@H](NC(=O)C(C)(C)C(=O)N[C@H](C)C(O)(c1ccccc1)c1ccccc1)C(O)(c1ccccc1)c1ccccc1. The second kappa shape index (κ2) is 12.1. The van der Waals surface area contributed by atoms with Crippen LogP contribution in [0.25, 0.3) is 0 Å². The van der Waals surface area contributed by atoms with Crippen LogP contribution in [0, 0.1) is 5.41 Å². The maximum atomic E-state index is 13.7. The van der Waals surface area contributed by atoms with Gasteiger partial charge in [-0.3, -0.25) is 9.59 Å². The molecule has 0 fully saturated rings. The highest BCUT2D eigenvalue weighted by atomic mass is 16.3. The summed E-state index contributed by atoms with van der Waals surface area (Å²) in [6.45, 7) is 6.51. The van der Waals surface area contributed by atoms with E-state index < -0.39 is 40.5 Å². The molecule has 0 saturated heterocycles. The van der Waals surface area contributed by atoms with Crippen molar-refractivity contribution in [2.24, 2.45) is 5.41 Å². The normalized spacial score (nSPS) is 13.6. The van der Waals surface area contributed by atoms with Crippen molar-refractivity contribution in [2.75, 3.05) is 0 Å². The summed E-state index contributed by atoms with van der Waals surface area (Å²) in [5.74, 6) is -1.11. The molecule has 0 aliphatic heterocycles. The molecule has 0 unspecified atom stereocenters. The quantitative estimate of drug-likeness (QED) is 0.211. The Morgan fingerprint density at radius 2 is 0.732 bits per heavy atom. The summed E-state index contributed by atoms with van der Waals surface area (Å²) in [7, 11) is 0. The summed E-state index contributed by atoms with van der Waals surface area (Å²) in [4.78, 5) is 27.3. The predicted octanol–water partition coefficient (Wildman–Crippen LogP) is 4.89. The van der Waals surface area contributed by atoms with Gasteiger partial charge in [0.05, 0.1) is 12.1 Å². The lowest BCUT2D eigenvalue weighted by molar-refractivity contribution is -0.144. The molecule has 4 aromatic carbocycles. The van der Waals surface area contributed by atoms with Crippen LogP contribution in [0.1, 0.15) is 49.9 Å². The van der Waals surface area contributed by atoms with Gasteiger partial charge in [-0.15, -0.1) is 0 Å². The maximum absolute atomic E-state index is 13.7. The van der Waals surface area contributed by atoms with Crippen molar-refractivity contribution in [1.82, 2.24) is 10.6 Å². The van der Waals surface area contributed by atoms with Crippen molar-refractivity contribution in [1.29, 1.82) is 0 Å². The monoisotopic (exact) mass is 550 g/mol. The molecule has 0 spiro atoms. The van der Waals surface area contributed by atoms with E-state index in [9.17, 15) is 19.8 Å². The van der Waals surface area contributed by atoms with Gasteiger partial charge in [0.25, 0.3) is 0 Å². The highest BCUT2D eigenvalue weighted by Gasteiger charge is 2.45. The number of hydrogen-bond acceptors (Lipinski definition) is 4. The van der Waals surface area contributed by atoms with Gasteiger partial charge in [-0.1, -0.05) is 121 Å². The van der Waals surface area contributed by atoms with Gasteiger partial charge in [-0.25, -0.2) is 0 Å². The summed E-state index contributed by atoms with van der Waals surface area (Å²) >= 11 is 0. The third kappa shape index (κ3) is 5.80. The third-order valence-electron chi connectivity index (χ3n) is 7.94. The Morgan fingerprint density at radius 1 is 0.512 bits per heavy atom. The second-order valence-electron chi connectivity index (χ2n) is 11.0. The van der Waals surface area contributed by atoms with Crippen LogP contribution >= 0.6 is 0 Å². The Morgan fingerprint density at radius 3 is 0.951 bits per heavy atom. The fraction of sp³-hybridized carbons (Fsp3) is 0.257. The average Bonchev–Trinajstić information content (AvgIpc) is 3.01. The molecule has 4 N–H and O–H groups in total. The second-order valence-corrected chi connectivity index (χ2v) is 11.0. The van der Waals surface area contributed by atoms with Crippen molar-refractivity contribution < 1.29 is 19.8 Å². The van der Waals surface area contributed by atoms with E-state index in [4.69, 9.17) is 0 Å². The highest BCUT2D eigenvalue weighted by Crippen LogP contribution is 2.35. The van der Waals surface area contributed by atoms with E-state index in [-0.39, 0.29) is 0 Å². The lowest BCUT2D eigenvalue weighted by atomic mass is 9.79. The van der Waals surface area contributed by atoms with Crippen molar-refractivity contribution in [3.63, 3.8) is 0 Å². The maximum Gasteiger partial charge on any atom is 0.235 e. The van der Waals surface area contributed by atoms with Crippen molar-refractivity contribution >= 4 is 11.8 Å². The van der Waals surface area contributed by atoms with Crippen LogP contribution in [-0.4, -0.2) is 34.1 Å². The lowest BCUT2D eigenvalue weighted by Gasteiger charge is -2.39. The zero-order valence-corrected chi connectivity index (χ0v) is 23.9. The summed E-state index contributed by atoms with van der Waals surface area (Å²) in [6.07, 6.45) is 0. The number of benzene rings is 4. The van der Waals surface area contributed by atoms with Gasteiger partial charge in [0.15, 0.2) is 0 Å². The molecule has 4 rings (SSSR count). The highest BCUT2D eigenvalue weighted by molar-refractivity contribution is 6.04. The zero-order chi connectivity index (χ0) is 29.7. The van der Waals surface area contributed by atoms with Gasteiger partial charge in [-0.2, -0.15) is 0 Å². The largest absolute Gasteiger partial charge is 0.378 e. The summed E-state index contributed by atoms with van der Waals surface area (Å²) in [5.41, 5.74) is -2.14. The van der Waals surface area contributed by atoms with Crippen LogP contribution < -0.4 is 10.6 Å². The molecule has 0 saturated carbocycles. The van der Waals surface area contributed by atoms with Crippen LogP contribution in [-0.2, 0) is 20.8 Å². The van der Waals surface area contributed by atoms with E-state index in [1.165, 1.54) is 13.8 Å². The van der Waals surface area contributed by atoms with Crippen molar-refractivity contribution in [3.05, 3.63) is 144 Å². The molecule has 6 nitrogen and oxygen atoms in total. The van der Waals surface area contributed by atoms with E-state index in [1.807, 2.05) is 121 Å². The number of nitrogens with one attached hydrogen (secondary N) is 2. The van der Waals surface area contributed by atoms with Gasteiger partial charge in [0, 0.05) is 0 Å². The van der Waals surface area contributed by atoms with E-state index in [2.05, 4.69) is 10.6 Å². The minimum Gasteiger partial charge on any atom is -0.378 e. The molecule has 0 aliphatic rings. The molecule has 0 heterocycles. The van der Waals surface area contributed by atoms with E-state index in [0.717, 1.165) is 0 Å². The average molecular weight is 551 g/mol. The van der Waals surface area contributed by atoms with Crippen molar-refractivity contribution in [2.45, 2.75) is 51.0 Å². The van der Waals surface area contributed by atoms with Gasteiger partial charge in [0.1, 0.15) is 16.6 Å². The van der Waals surface area contributed by atoms with E-state index in [1.54, 1.807) is 13.8 Å². The molecule has 0 aliphatic carbocycles. The van der Waals surface area contributed by atoms with Gasteiger partial charge >= 0.3 is 0 Å². The molecule has 212 valence electrons. The minimum absolute atomic E-state index is 0.553. The first-order chi connectivity index (χ1) is 19.5. The Bertz CT molecular complexity index is 1250. The van der Waals surface area contributed by atoms with Gasteiger partial charge < -0.3 is 20.8 Å². The Kier molecular flexibility index (Phi) is 8.76. The fourth-order valence-electron chi connectivity index (χ4n) is 5.17. The fourth-order valence-corrected chi connectivity index (χ4v) is 5.17. The van der Waals surface area contributed by atoms with Gasteiger partial charge in [0.2, 0.25) is 11.8 Å². The Balaban J connectivity index is 1.58. The van der Waals surface area contributed by atoms with Crippen molar-refractivity contribution in [3.8, 4) is 0 Å². The topological polar surface area (TPSA) is 98.7 Å². The van der Waals surface area contributed by atoms with E-state index >= 15 is 0 Å². The molecule has 2 atom stereocenters. The molecule has 6 heteroatoms. The van der Waals surface area contributed by atoms with Crippen LogP contribution in [0.5, 0.6) is 0 Å². The predicted molar refractivity (Wildman–Crippen MR) is 161 cm³/mol. The van der Waals surface area contributed by atoms with Crippen LogP contribution in [0.15, 0.2) is 121 Å². The zero-order valence-electron chi connectivity index (χ0n) is 23.9. The molecule has 2 amide bonds. The first-order valence-corrected chi connectivity index (χ1v) is 13.8. The van der Waals surface area contributed by atoms with E-state index in [0.29, 0.717) is 22.3 Å². The summed E-state index contributed by atoms with van der Waals surface area (Å²) in [5, 5.41) is 29.9. The summed E-state index contributed by atoms with van der Waals surface area (Å²) in [6, 6.07) is 35.0. The number of carbonyl (C=O) groups excluding carboxylic acids is 2. The standard InChI is InChI=1S/C35H38N2O4/c1-25(34(40,27-17-9-5-10-18-27)28-19-11-6-12-20-28)36-31(38)33(3,4)32(39)37-26(2)35(41,29-21-13-7-14-22-29)30-23-15-8-16-24-30/h5-26,40-41H,1-4H3,(H,36,38)(H,37,39)/t25-,26-/m1/s1. The van der Waals surface area contributed by atoms with Crippen LogP contribution in [0.3, 0.4) is 0 Å². The summed E-state index contributed by atoms with van der Waals surface area (Å²) < 4.78 is 0. The number of aliphatic hydroxyl groups is 2. The molecular weight excluding hydrogens is 512 g/mol. The molecule has 0 radical (unpaired) electrons. The van der Waals surface area contributed by atoms with Gasteiger partial charge in [-0.05, 0) is 49.9 Å². The number of carbonyl (C=O) groups is 2. The smallest absolute Gasteiger partial charge is 0.235 e.